The van der Waals surface area contributed by atoms with Gasteiger partial charge in [0.25, 0.3) is 0 Å². The molecule has 0 aromatic heterocycles. The minimum Gasteiger partial charge on any atom is -0.460 e. The molecular formula is C19H15F7O4. The third-order valence-electron chi connectivity index (χ3n) is 3.85. The maximum absolute atomic E-state index is 14.2. The van der Waals surface area contributed by atoms with Gasteiger partial charge in [0.05, 0.1) is 5.56 Å². The smallest absolute Gasteiger partial charge is 0.460 e. The number of halogens is 7. The number of carbonyl (C=O) groups is 1. The van der Waals surface area contributed by atoms with Crippen LogP contribution in [-0.4, -0.2) is 17.3 Å². The van der Waals surface area contributed by atoms with Gasteiger partial charge < -0.3 is 14.6 Å². The van der Waals surface area contributed by atoms with Crippen molar-refractivity contribution in [3.8, 4) is 11.5 Å². The summed E-state index contributed by atoms with van der Waals surface area (Å²) in [5.74, 6) is -11.2. The number of aliphatic hydroxyl groups excluding tert-OH is 1. The van der Waals surface area contributed by atoms with Gasteiger partial charge in [0, 0.05) is 12.1 Å². The van der Waals surface area contributed by atoms with E-state index in [0.717, 1.165) is 18.6 Å². The lowest BCUT2D eigenvalue weighted by atomic mass is 10.0. The summed E-state index contributed by atoms with van der Waals surface area (Å²) in [6.07, 6.45) is -5.99. The summed E-state index contributed by atoms with van der Waals surface area (Å²) in [7, 11) is 0. The largest absolute Gasteiger partial charge is 0.491 e. The van der Waals surface area contributed by atoms with Gasteiger partial charge in [-0.25, -0.2) is 22.4 Å². The van der Waals surface area contributed by atoms with Crippen LogP contribution in [0.2, 0.25) is 0 Å². The van der Waals surface area contributed by atoms with Crippen molar-refractivity contribution in [1.29, 1.82) is 0 Å². The van der Waals surface area contributed by atoms with Crippen LogP contribution in [0.25, 0.3) is 0 Å². The molecule has 1 unspecified atom stereocenters. The second-order valence-electron chi connectivity index (χ2n) is 6.15. The van der Waals surface area contributed by atoms with Gasteiger partial charge in [-0.15, -0.1) is 0 Å². The molecule has 2 aromatic carbocycles. The van der Waals surface area contributed by atoms with E-state index in [1.54, 1.807) is 0 Å². The molecule has 0 aliphatic heterocycles. The van der Waals surface area contributed by atoms with Crippen molar-refractivity contribution in [2.45, 2.75) is 38.7 Å². The van der Waals surface area contributed by atoms with Gasteiger partial charge in [-0.1, -0.05) is 13.3 Å². The van der Waals surface area contributed by atoms with Crippen LogP contribution >= 0.6 is 0 Å². The van der Waals surface area contributed by atoms with Gasteiger partial charge in [0.2, 0.25) is 12.0 Å². The molecule has 0 aliphatic carbocycles. The van der Waals surface area contributed by atoms with Gasteiger partial charge in [0.15, 0.2) is 11.6 Å². The summed E-state index contributed by atoms with van der Waals surface area (Å²) in [6.45, 7) is 1.88. The Bertz CT molecular complexity index is 882. The Morgan fingerprint density at radius 1 is 1.00 bits per heavy atom. The van der Waals surface area contributed by atoms with Crippen LogP contribution in [0.4, 0.5) is 30.7 Å². The van der Waals surface area contributed by atoms with Crippen molar-refractivity contribution in [2.75, 3.05) is 0 Å². The first kappa shape index (κ1) is 23.5. The molecule has 30 heavy (non-hydrogen) atoms. The van der Waals surface area contributed by atoms with Crippen LogP contribution < -0.4 is 9.47 Å². The van der Waals surface area contributed by atoms with Gasteiger partial charge >= 0.3 is 12.1 Å². The number of hydrogen-bond donors (Lipinski definition) is 1. The van der Waals surface area contributed by atoms with Crippen molar-refractivity contribution in [2.24, 2.45) is 0 Å². The van der Waals surface area contributed by atoms with Crippen molar-refractivity contribution < 1.29 is 50.1 Å². The predicted molar refractivity (Wildman–Crippen MR) is 88.6 cm³/mol. The Balaban J connectivity index is 2.23. The molecule has 2 aromatic rings. The van der Waals surface area contributed by atoms with E-state index in [4.69, 9.17) is 4.74 Å². The summed E-state index contributed by atoms with van der Waals surface area (Å²) in [6, 6.07) is 2.50. The SMILES string of the molecule is CCCCc1cc(F)c(C(O)Oc2cc(F)c(OC(=O)C(F)(F)F)c(F)c2)c(F)c1. The Morgan fingerprint density at radius 3 is 2.00 bits per heavy atom. The van der Waals surface area contributed by atoms with Crippen LogP contribution in [0.5, 0.6) is 11.5 Å². The number of benzene rings is 2. The monoisotopic (exact) mass is 440 g/mol. The van der Waals surface area contributed by atoms with Crippen molar-refractivity contribution in [1.82, 2.24) is 0 Å². The normalized spacial score (nSPS) is 12.6. The fourth-order valence-corrected chi connectivity index (χ4v) is 2.44. The number of rotatable bonds is 7. The first-order valence-electron chi connectivity index (χ1n) is 8.54. The molecule has 0 fully saturated rings. The highest BCUT2D eigenvalue weighted by atomic mass is 19.4. The molecule has 1 N–H and O–H groups in total. The van der Waals surface area contributed by atoms with Gasteiger partial charge in [-0.3, -0.25) is 0 Å². The van der Waals surface area contributed by atoms with Crippen LogP contribution in [0, 0.1) is 23.3 Å². The molecule has 0 spiro atoms. The van der Waals surface area contributed by atoms with Crippen molar-refractivity contribution >= 4 is 5.97 Å². The van der Waals surface area contributed by atoms with Gasteiger partial charge in [-0.05, 0) is 30.5 Å². The first-order valence-corrected chi connectivity index (χ1v) is 8.54. The maximum atomic E-state index is 14.2. The molecule has 0 heterocycles. The fourth-order valence-electron chi connectivity index (χ4n) is 2.44. The summed E-state index contributed by atoms with van der Waals surface area (Å²) < 4.78 is 101. The standard InChI is InChI=1S/C19H15F7O4/c1-2-3-4-9-5-11(20)15(12(21)6-9)17(27)29-10-7-13(22)16(14(23)8-10)30-18(28)19(24,25)26/h5-8,17,27H,2-4H2,1H3. The maximum Gasteiger partial charge on any atom is 0.491 e. The van der Waals surface area contributed by atoms with Crippen molar-refractivity contribution in [3.05, 3.63) is 58.7 Å². The lowest BCUT2D eigenvalue weighted by molar-refractivity contribution is -0.190. The van der Waals surface area contributed by atoms with E-state index in [1.807, 2.05) is 6.92 Å². The van der Waals surface area contributed by atoms with E-state index < -0.39 is 58.8 Å². The Hall–Kier alpha value is -2.82. The average molecular weight is 440 g/mol. The zero-order valence-corrected chi connectivity index (χ0v) is 15.3. The third kappa shape index (κ3) is 5.62. The highest BCUT2D eigenvalue weighted by Crippen LogP contribution is 2.32. The molecule has 1 atom stereocenters. The quantitative estimate of drug-likeness (QED) is 0.281. The van der Waals surface area contributed by atoms with Gasteiger partial charge in [0.1, 0.15) is 17.4 Å². The zero-order chi connectivity index (χ0) is 22.6. The van der Waals surface area contributed by atoms with E-state index in [-0.39, 0.29) is 12.1 Å². The molecule has 0 amide bonds. The van der Waals surface area contributed by atoms with Gasteiger partial charge in [-0.2, -0.15) is 13.2 Å². The molecule has 0 radical (unpaired) electrons. The number of aliphatic hydroxyl groups is 1. The molecule has 11 heteroatoms. The second-order valence-corrected chi connectivity index (χ2v) is 6.15. The summed E-state index contributed by atoms with van der Waals surface area (Å²) >= 11 is 0. The van der Waals surface area contributed by atoms with Crippen LogP contribution in [0.15, 0.2) is 24.3 Å². The van der Waals surface area contributed by atoms with Crippen molar-refractivity contribution in [3.63, 3.8) is 0 Å². The molecule has 0 bridgehead atoms. The molecule has 0 saturated carbocycles. The van der Waals surface area contributed by atoms with Crippen LogP contribution in [-0.2, 0) is 11.2 Å². The topological polar surface area (TPSA) is 55.8 Å². The van der Waals surface area contributed by atoms with Crippen LogP contribution in [0.3, 0.4) is 0 Å². The van der Waals surface area contributed by atoms with E-state index >= 15 is 0 Å². The summed E-state index contributed by atoms with van der Waals surface area (Å²) in [5, 5.41) is 9.92. The number of esters is 1. The minimum absolute atomic E-state index is 0.275. The average Bonchev–Trinajstić information content (AvgIpc) is 2.61. The zero-order valence-electron chi connectivity index (χ0n) is 15.3. The Morgan fingerprint density at radius 2 is 1.53 bits per heavy atom. The number of aryl methyl sites for hydroxylation is 1. The number of unbranched alkanes of at least 4 members (excludes halogenated alkanes) is 1. The van der Waals surface area contributed by atoms with E-state index in [9.17, 15) is 40.6 Å². The predicted octanol–water partition coefficient (Wildman–Crippen LogP) is 5.12. The molecule has 4 nitrogen and oxygen atoms in total. The summed E-state index contributed by atoms with van der Waals surface area (Å²) in [5.41, 5.74) is -0.598. The molecule has 0 saturated heterocycles. The molecule has 0 aliphatic rings. The van der Waals surface area contributed by atoms with E-state index in [2.05, 4.69) is 4.74 Å². The van der Waals surface area contributed by atoms with E-state index in [1.165, 1.54) is 0 Å². The molecule has 164 valence electrons. The number of carbonyl (C=O) groups excluding carboxylic acids is 1. The Labute approximate surface area is 165 Å². The molecular weight excluding hydrogens is 425 g/mol. The minimum atomic E-state index is -5.50. The third-order valence-corrected chi connectivity index (χ3v) is 3.85. The highest BCUT2D eigenvalue weighted by molar-refractivity contribution is 5.78. The van der Waals surface area contributed by atoms with E-state index in [0.29, 0.717) is 18.4 Å². The second kappa shape index (κ2) is 9.33. The highest BCUT2D eigenvalue weighted by Gasteiger charge is 2.42. The lowest BCUT2D eigenvalue weighted by Gasteiger charge is -2.17. The van der Waals surface area contributed by atoms with Crippen LogP contribution in [0.1, 0.15) is 37.2 Å². The number of alkyl halides is 3. The first-order chi connectivity index (χ1) is 13.9. The Kier molecular flexibility index (Phi) is 7.30. The summed E-state index contributed by atoms with van der Waals surface area (Å²) in [4.78, 5) is 10.7. The number of ether oxygens (including phenoxy) is 2. The fraction of sp³-hybridized carbons (Fsp3) is 0.316. The molecule has 2 rings (SSSR count). The number of hydrogen-bond acceptors (Lipinski definition) is 4. The lowest BCUT2D eigenvalue weighted by Crippen LogP contribution is -2.28.